The summed E-state index contributed by atoms with van der Waals surface area (Å²) in [5.41, 5.74) is 1.61. The monoisotopic (exact) mass is 329 g/mol. The van der Waals surface area contributed by atoms with Crippen molar-refractivity contribution in [1.82, 2.24) is 14.9 Å². The minimum atomic E-state index is -0.213. The van der Waals surface area contributed by atoms with Gasteiger partial charge in [-0.15, -0.1) is 11.8 Å². The van der Waals surface area contributed by atoms with E-state index in [2.05, 4.69) is 14.9 Å². The molecule has 0 amide bonds. The lowest BCUT2D eigenvalue weighted by Gasteiger charge is -2.21. The number of nitrogens with one attached hydrogen (secondary N) is 1. The maximum absolute atomic E-state index is 12.0. The number of aromatic nitrogens is 2. The zero-order chi connectivity index (χ0) is 16.8. The predicted octanol–water partition coefficient (Wildman–Crippen LogP) is 2.62. The summed E-state index contributed by atoms with van der Waals surface area (Å²) in [7, 11) is 1.97. The third-order valence-corrected chi connectivity index (χ3v) is 4.20. The molecule has 1 N–H and O–H groups in total. The lowest BCUT2D eigenvalue weighted by molar-refractivity contribution is -0.104. The minimum Gasteiger partial charge on any atom is -0.365 e. The lowest BCUT2D eigenvalue weighted by Crippen LogP contribution is -2.16. The van der Waals surface area contributed by atoms with Crippen molar-refractivity contribution in [2.45, 2.75) is 13.5 Å². The van der Waals surface area contributed by atoms with E-state index in [-0.39, 0.29) is 5.56 Å². The van der Waals surface area contributed by atoms with Gasteiger partial charge in [-0.25, -0.2) is 0 Å². The summed E-state index contributed by atoms with van der Waals surface area (Å²) < 4.78 is 0. The van der Waals surface area contributed by atoms with E-state index in [1.807, 2.05) is 37.6 Å². The summed E-state index contributed by atoms with van der Waals surface area (Å²) in [6, 6.07) is 5.77. The number of aryl methyl sites for hydroxylation is 1. The molecule has 1 aromatic heterocycles. The van der Waals surface area contributed by atoms with Gasteiger partial charge < -0.3 is 9.88 Å². The highest BCUT2D eigenvalue weighted by Crippen LogP contribution is 2.19. The number of thioether (sulfide) groups is 1. The molecular formula is C17H19N3O2S. The van der Waals surface area contributed by atoms with E-state index in [1.165, 1.54) is 6.08 Å². The van der Waals surface area contributed by atoms with Gasteiger partial charge >= 0.3 is 0 Å². The third-order valence-electron chi connectivity index (χ3n) is 3.33. The number of fused-ring (bicyclic) bond motifs is 1. The van der Waals surface area contributed by atoms with Crippen LogP contribution in [0, 0.1) is 6.92 Å². The number of carbonyl (C=O) groups is 1. The minimum absolute atomic E-state index is 0.213. The van der Waals surface area contributed by atoms with Gasteiger partial charge in [-0.3, -0.25) is 9.59 Å². The molecule has 0 saturated heterocycles. The molecule has 0 spiro atoms. The number of carbonyl (C=O) groups excluding carboxylic acids is 1. The highest BCUT2D eigenvalue weighted by molar-refractivity contribution is 8.02. The highest BCUT2D eigenvalue weighted by Gasteiger charge is 2.07. The van der Waals surface area contributed by atoms with Crippen molar-refractivity contribution in [2.24, 2.45) is 0 Å². The number of aldehydes is 1. The first-order valence-electron chi connectivity index (χ1n) is 7.12. The van der Waals surface area contributed by atoms with E-state index >= 15 is 0 Å². The topological polar surface area (TPSA) is 66.1 Å². The Kier molecular flexibility index (Phi) is 5.76. The van der Waals surface area contributed by atoms with Crippen LogP contribution >= 0.6 is 11.8 Å². The molecule has 0 aliphatic heterocycles. The fourth-order valence-electron chi connectivity index (χ4n) is 2.30. The van der Waals surface area contributed by atoms with Crippen molar-refractivity contribution in [3.05, 3.63) is 63.2 Å². The van der Waals surface area contributed by atoms with E-state index in [1.54, 1.807) is 24.8 Å². The molecule has 5 nitrogen and oxygen atoms in total. The average molecular weight is 329 g/mol. The van der Waals surface area contributed by atoms with E-state index in [4.69, 9.17) is 0 Å². The van der Waals surface area contributed by atoms with Crippen LogP contribution in [0.3, 0.4) is 0 Å². The molecule has 120 valence electrons. The summed E-state index contributed by atoms with van der Waals surface area (Å²) in [4.78, 5) is 31.4. The number of allylic oxidation sites excluding steroid dienone is 3. The normalized spacial score (nSPS) is 12.0. The molecule has 0 radical (unpaired) electrons. The Labute approximate surface area is 139 Å². The van der Waals surface area contributed by atoms with Crippen molar-refractivity contribution >= 4 is 29.0 Å². The number of nitrogens with zero attached hydrogens (tertiary/aromatic N) is 2. The molecule has 0 unspecified atom stereocenters. The fraction of sp³-hybridized carbons (Fsp3) is 0.235. The summed E-state index contributed by atoms with van der Waals surface area (Å²) in [6.07, 6.45) is 7.78. The molecule has 1 aromatic carbocycles. The second-order valence-corrected chi connectivity index (χ2v) is 5.92. The van der Waals surface area contributed by atoms with Crippen LogP contribution in [0.1, 0.15) is 11.4 Å². The van der Waals surface area contributed by atoms with Gasteiger partial charge in [0.1, 0.15) is 12.1 Å². The molecule has 0 aliphatic carbocycles. The number of aromatic amines is 1. The van der Waals surface area contributed by atoms with Gasteiger partial charge in [0.05, 0.1) is 15.9 Å². The number of rotatable bonds is 6. The first-order chi connectivity index (χ1) is 11.0. The van der Waals surface area contributed by atoms with Crippen LogP contribution in [0.2, 0.25) is 0 Å². The first-order valence-corrected chi connectivity index (χ1v) is 8.34. The average Bonchev–Trinajstić information content (AvgIpc) is 2.52. The quantitative estimate of drug-likeness (QED) is 0.501. The maximum atomic E-state index is 12.0. The summed E-state index contributed by atoms with van der Waals surface area (Å²) in [6.45, 7) is 2.43. The molecule has 0 fully saturated rings. The van der Waals surface area contributed by atoms with Gasteiger partial charge in [-0.2, -0.15) is 4.98 Å². The van der Waals surface area contributed by atoms with Crippen LogP contribution in [-0.4, -0.2) is 34.5 Å². The molecule has 23 heavy (non-hydrogen) atoms. The third kappa shape index (κ3) is 4.32. The Balaban J connectivity index is 2.27. The second kappa shape index (κ2) is 7.78. The highest BCUT2D eigenvalue weighted by atomic mass is 32.2. The smallest absolute Gasteiger partial charge is 0.280 e. The largest absolute Gasteiger partial charge is 0.365 e. The van der Waals surface area contributed by atoms with Crippen LogP contribution < -0.4 is 5.56 Å². The molecule has 2 aromatic rings. The lowest BCUT2D eigenvalue weighted by atomic mass is 10.1. The van der Waals surface area contributed by atoms with Crippen LogP contribution in [0.15, 0.2) is 46.3 Å². The van der Waals surface area contributed by atoms with Gasteiger partial charge in [0.25, 0.3) is 5.56 Å². The summed E-state index contributed by atoms with van der Waals surface area (Å²) in [5.74, 6) is 0.613. The molecule has 1 heterocycles. The number of hydrogen-bond donors (Lipinski definition) is 1. The molecule has 0 aliphatic rings. The molecule has 0 bridgehead atoms. The second-order valence-electron chi connectivity index (χ2n) is 5.09. The van der Waals surface area contributed by atoms with Crippen molar-refractivity contribution in [3.63, 3.8) is 0 Å². The van der Waals surface area contributed by atoms with Gasteiger partial charge in [0.15, 0.2) is 0 Å². The van der Waals surface area contributed by atoms with Crippen LogP contribution in [0.4, 0.5) is 0 Å². The summed E-state index contributed by atoms with van der Waals surface area (Å²) >= 11 is 1.60. The van der Waals surface area contributed by atoms with Crippen molar-refractivity contribution in [3.8, 4) is 0 Å². The van der Waals surface area contributed by atoms with Gasteiger partial charge in [-0.05, 0) is 43.0 Å². The molecule has 2 rings (SSSR count). The molecular weight excluding hydrogens is 310 g/mol. The van der Waals surface area contributed by atoms with E-state index in [0.29, 0.717) is 17.8 Å². The maximum Gasteiger partial charge on any atom is 0.280 e. The first kappa shape index (κ1) is 17.0. The van der Waals surface area contributed by atoms with Crippen LogP contribution in [-0.2, 0) is 11.3 Å². The summed E-state index contributed by atoms with van der Waals surface area (Å²) in [5, 5.41) is 1.62. The Morgan fingerprint density at radius 2 is 2.17 bits per heavy atom. The van der Waals surface area contributed by atoms with Gasteiger partial charge in [-0.1, -0.05) is 12.1 Å². The zero-order valence-electron chi connectivity index (χ0n) is 13.4. The van der Waals surface area contributed by atoms with Crippen molar-refractivity contribution in [1.29, 1.82) is 0 Å². The van der Waals surface area contributed by atoms with Crippen molar-refractivity contribution < 1.29 is 4.79 Å². The standard InChI is InChI=1S/C17H19N3O2S/c1-12-18-15-8-7-13(10-14(15)17(22)19-12)11-20(2)16(23-3)6-4-5-9-21/h4-10H,11H2,1-3H3,(H,18,19,22)/b5-4+,16-6-. The Morgan fingerprint density at radius 3 is 2.87 bits per heavy atom. The molecule has 0 saturated carbocycles. The number of benzene rings is 1. The number of H-pyrrole nitrogens is 1. The molecule has 0 atom stereocenters. The van der Waals surface area contributed by atoms with E-state index < -0.39 is 0 Å². The van der Waals surface area contributed by atoms with Crippen LogP contribution in [0.5, 0.6) is 0 Å². The Bertz CT molecular complexity index is 824. The zero-order valence-corrected chi connectivity index (χ0v) is 14.2. The molecule has 6 heteroatoms. The Hall–Kier alpha value is -2.34. The van der Waals surface area contributed by atoms with Crippen LogP contribution in [0.25, 0.3) is 10.9 Å². The van der Waals surface area contributed by atoms with Crippen molar-refractivity contribution in [2.75, 3.05) is 13.3 Å². The SMILES string of the molecule is CS/C(=C\C=C\C=O)N(C)Cc1ccc2[nH]c(C)nc(=O)c2c1. The van der Waals surface area contributed by atoms with E-state index in [9.17, 15) is 9.59 Å². The predicted molar refractivity (Wildman–Crippen MR) is 95.4 cm³/mol. The van der Waals surface area contributed by atoms with Gasteiger partial charge in [0, 0.05) is 13.6 Å². The van der Waals surface area contributed by atoms with Gasteiger partial charge in [0.2, 0.25) is 0 Å². The Morgan fingerprint density at radius 1 is 1.39 bits per heavy atom. The fourth-order valence-corrected chi connectivity index (χ4v) is 2.89. The van der Waals surface area contributed by atoms with E-state index in [0.717, 1.165) is 22.4 Å². The number of hydrogen-bond acceptors (Lipinski definition) is 5.